The lowest BCUT2D eigenvalue weighted by molar-refractivity contribution is -0.115. The quantitative estimate of drug-likeness (QED) is 0.834. The minimum Gasteiger partial charge on any atom is -0.325 e. The number of carbonyl (C=O) groups excluding carboxylic acids is 1. The summed E-state index contributed by atoms with van der Waals surface area (Å²) < 4.78 is 2.53. The number of aryl methyl sites for hydroxylation is 1. The van der Waals surface area contributed by atoms with E-state index in [-0.39, 0.29) is 11.2 Å². The van der Waals surface area contributed by atoms with Crippen LogP contribution in [-0.2, 0) is 11.8 Å². The Labute approximate surface area is 129 Å². The van der Waals surface area contributed by atoms with Crippen LogP contribution in [0.15, 0.2) is 33.9 Å². The van der Waals surface area contributed by atoms with Gasteiger partial charge in [-0.1, -0.05) is 34.6 Å². The van der Waals surface area contributed by atoms with E-state index in [0.717, 1.165) is 10.2 Å². The fraction of sp³-hybridized carbons (Fsp3) is 0.333. The number of anilines is 1. The van der Waals surface area contributed by atoms with Crippen LogP contribution in [0.5, 0.6) is 0 Å². The number of tetrazole rings is 1. The van der Waals surface area contributed by atoms with Gasteiger partial charge >= 0.3 is 0 Å². The third-order valence-electron chi connectivity index (χ3n) is 2.60. The Bertz CT molecular complexity index is 586. The maximum atomic E-state index is 12.2. The highest BCUT2D eigenvalue weighted by molar-refractivity contribution is 9.10. The van der Waals surface area contributed by atoms with E-state index in [1.807, 2.05) is 31.2 Å². The van der Waals surface area contributed by atoms with Crippen molar-refractivity contribution in [2.24, 2.45) is 7.05 Å². The molecular formula is C12H14BrN5OS. The van der Waals surface area contributed by atoms with Gasteiger partial charge in [-0.05, 0) is 41.1 Å². The molecule has 0 aliphatic heterocycles. The van der Waals surface area contributed by atoms with E-state index in [1.165, 1.54) is 11.8 Å². The molecule has 8 heteroatoms. The van der Waals surface area contributed by atoms with Crippen LogP contribution in [0.4, 0.5) is 5.69 Å². The molecule has 0 bridgehead atoms. The smallest absolute Gasteiger partial charge is 0.237 e. The fourth-order valence-electron chi connectivity index (χ4n) is 1.53. The van der Waals surface area contributed by atoms with Gasteiger partial charge in [0.05, 0.1) is 5.25 Å². The molecule has 2 rings (SSSR count). The highest BCUT2D eigenvalue weighted by Crippen LogP contribution is 2.24. The summed E-state index contributed by atoms with van der Waals surface area (Å²) in [6.07, 6.45) is 0.694. The molecule has 1 N–H and O–H groups in total. The van der Waals surface area contributed by atoms with Crippen molar-refractivity contribution in [3.8, 4) is 0 Å². The second-order valence-electron chi connectivity index (χ2n) is 4.10. The minimum absolute atomic E-state index is 0.0529. The molecule has 106 valence electrons. The molecular weight excluding hydrogens is 342 g/mol. The summed E-state index contributed by atoms with van der Waals surface area (Å²) in [5, 5.41) is 14.5. The molecule has 0 spiro atoms. The molecule has 0 saturated heterocycles. The Kier molecular flexibility index (Phi) is 5.13. The average Bonchev–Trinajstić information content (AvgIpc) is 2.84. The SMILES string of the molecule is CC[C@H](Sc1nnnn1C)C(=O)Nc1ccc(Br)cc1. The van der Waals surface area contributed by atoms with Crippen molar-refractivity contribution in [1.82, 2.24) is 20.2 Å². The number of thioether (sulfide) groups is 1. The van der Waals surface area contributed by atoms with Crippen LogP contribution in [0.3, 0.4) is 0 Å². The summed E-state index contributed by atoms with van der Waals surface area (Å²) in [4.78, 5) is 12.2. The summed E-state index contributed by atoms with van der Waals surface area (Å²) in [5.74, 6) is -0.0529. The van der Waals surface area contributed by atoms with Crippen LogP contribution in [0.1, 0.15) is 13.3 Å². The monoisotopic (exact) mass is 355 g/mol. The topological polar surface area (TPSA) is 72.7 Å². The summed E-state index contributed by atoms with van der Waals surface area (Å²) >= 11 is 4.72. The van der Waals surface area contributed by atoms with Gasteiger partial charge in [0.25, 0.3) is 0 Å². The lowest BCUT2D eigenvalue weighted by Gasteiger charge is -2.13. The van der Waals surface area contributed by atoms with Crippen molar-refractivity contribution in [2.75, 3.05) is 5.32 Å². The Morgan fingerprint density at radius 2 is 2.15 bits per heavy atom. The molecule has 0 aliphatic carbocycles. The Hall–Kier alpha value is -1.41. The van der Waals surface area contributed by atoms with Gasteiger partial charge in [-0.15, -0.1) is 5.10 Å². The van der Waals surface area contributed by atoms with E-state index in [4.69, 9.17) is 0 Å². The lowest BCUT2D eigenvalue weighted by Crippen LogP contribution is -2.25. The normalized spacial score (nSPS) is 12.2. The maximum Gasteiger partial charge on any atom is 0.237 e. The average molecular weight is 356 g/mol. The number of carbonyl (C=O) groups is 1. The van der Waals surface area contributed by atoms with Gasteiger partial charge in [0.1, 0.15) is 0 Å². The van der Waals surface area contributed by atoms with Crippen LogP contribution >= 0.6 is 27.7 Å². The molecule has 1 aromatic carbocycles. The molecule has 0 radical (unpaired) electrons. The number of hydrogen-bond donors (Lipinski definition) is 1. The highest BCUT2D eigenvalue weighted by atomic mass is 79.9. The Morgan fingerprint density at radius 3 is 2.70 bits per heavy atom. The Balaban J connectivity index is 2.02. The maximum absolute atomic E-state index is 12.2. The molecule has 1 aromatic heterocycles. The van der Waals surface area contributed by atoms with Gasteiger partial charge in [-0.25, -0.2) is 4.68 Å². The zero-order valence-corrected chi connectivity index (χ0v) is 13.5. The van der Waals surface area contributed by atoms with E-state index in [2.05, 4.69) is 36.8 Å². The number of aromatic nitrogens is 4. The molecule has 2 aromatic rings. The van der Waals surface area contributed by atoms with Gasteiger partial charge in [0.15, 0.2) is 0 Å². The number of nitrogens with one attached hydrogen (secondary N) is 1. The lowest BCUT2D eigenvalue weighted by atomic mass is 10.3. The van der Waals surface area contributed by atoms with Crippen LogP contribution in [0, 0.1) is 0 Å². The minimum atomic E-state index is -0.233. The summed E-state index contributed by atoms with van der Waals surface area (Å²) in [7, 11) is 1.75. The van der Waals surface area contributed by atoms with E-state index in [0.29, 0.717) is 11.6 Å². The van der Waals surface area contributed by atoms with Crippen molar-refractivity contribution in [1.29, 1.82) is 0 Å². The van der Waals surface area contributed by atoms with Crippen molar-refractivity contribution in [2.45, 2.75) is 23.8 Å². The number of rotatable bonds is 5. The van der Waals surface area contributed by atoms with Gasteiger partial charge < -0.3 is 5.32 Å². The van der Waals surface area contributed by atoms with Crippen molar-refractivity contribution < 1.29 is 4.79 Å². The van der Waals surface area contributed by atoms with Crippen molar-refractivity contribution in [3.05, 3.63) is 28.7 Å². The largest absolute Gasteiger partial charge is 0.325 e. The third kappa shape index (κ3) is 3.80. The van der Waals surface area contributed by atoms with Crippen LogP contribution < -0.4 is 5.32 Å². The van der Waals surface area contributed by atoms with Crippen molar-refractivity contribution >= 4 is 39.3 Å². The van der Waals surface area contributed by atoms with E-state index in [1.54, 1.807) is 11.7 Å². The van der Waals surface area contributed by atoms with E-state index >= 15 is 0 Å². The van der Waals surface area contributed by atoms with Gasteiger partial charge in [0, 0.05) is 17.2 Å². The molecule has 6 nitrogen and oxygen atoms in total. The zero-order chi connectivity index (χ0) is 14.5. The number of hydrogen-bond acceptors (Lipinski definition) is 5. The molecule has 1 amide bonds. The second kappa shape index (κ2) is 6.85. The van der Waals surface area contributed by atoms with Crippen molar-refractivity contribution in [3.63, 3.8) is 0 Å². The van der Waals surface area contributed by atoms with Crippen LogP contribution in [0.2, 0.25) is 0 Å². The molecule has 0 aliphatic rings. The second-order valence-corrected chi connectivity index (χ2v) is 6.18. The molecule has 1 heterocycles. The highest BCUT2D eigenvalue weighted by Gasteiger charge is 2.20. The molecule has 1 atom stereocenters. The number of nitrogens with zero attached hydrogens (tertiary/aromatic N) is 4. The van der Waals surface area contributed by atoms with Gasteiger partial charge in [-0.2, -0.15) is 0 Å². The first-order valence-corrected chi connectivity index (χ1v) is 7.73. The first-order valence-electron chi connectivity index (χ1n) is 6.05. The molecule has 0 fully saturated rings. The summed E-state index contributed by atoms with van der Waals surface area (Å²) in [6.45, 7) is 1.96. The molecule has 0 unspecified atom stereocenters. The predicted molar refractivity (Wildman–Crippen MR) is 81.5 cm³/mol. The molecule has 20 heavy (non-hydrogen) atoms. The van der Waals surface area contributed by atoms with Gasteiger partial charge in [0.2, 0.25) is 11.1 Å². The van der Waals surface area contributed by atoms with Crippen LogP contribution in [0.25, 0.3) is 0 Å². The van der Waals surface area contributed by atoms with E-state index in [9.17, 15) is 4.79 Å². The number of halogens is 1. The fourth-order valence-corrected chi connectivity index (χ4v) is 2.65. The van der Waals surface area contributed by atoms with E-state index < -0.39 is 0 Å². The number of amides is 1. The molecule has 0 saturated carbocycles. The number of benzene rings is 1. The Morgan fingerprint density at radius 1 is 1.45 bits per heavy atom. The summed E-state index contributed by atoms with van der Waals surface area (Å²) in [6, 6.07) is 7.47. The first kappa shape index (κ1) is 15.0. The zero-order valence-electron chi connectivity index (χ0n) is 11.1. The third-order valence-corrected chi connectivity index (χ3v) is 4.52. The van der Waals surface area contributed by atoms with Gasteiger partial charge in [-0.3, -0.25) is 4.79 Å². The first-order chi connectivity index (χ1) is 9.60. The van der Waals surface area contributed by atoms with Crippen LogP contribution in [-0.4, -0.2) is 31.4 Å². The summed E-state index contributed by atoms with van der Waals surface area (Å²) in [5.41, 5.74) is 0.772. The predicted octanol–water partition coefficient (Wildman–Crippen LogP) is 2.48. The standard InChI is InChI=1S/C12H14BrN5OS/c1-3-10(20-12-15-16-17-18(12)2)11(19)14-9-6-4-8(13)5-7-9/h4-7,10H,3H2,1-2H3,(H,14,19)/t10-/m0/s1.